The molecule has 2 aromatic rings. The molecule has 1 amide bonds. The molecule has 0 radical (unpaired) electrons. The van der Waals surface area contributed by atoms with Gasteiger partial charge in [-0.1, -0.05) is 0 Å². The predicted octanol–water partition coefficient (Wildman–Crippen LogP) is 1.97. The van der Waals surface area contributed by atoms with Crippen molar-refractivity contribution in [1.29, 1.82) is 0 Å². The van der Waals surface area contributed by atoms with Crippen LogP contribution in [0.5, 0.6) is 0 Å². The third kappa shape index (κ3) is 4.36. The Hall–Kier alpha value is -2.39. The molecule has 0 aliphatic carbocycles. The minimum atomic E-state index is -3.74. The quantitative estimate of drug-likeness (QED) is 0.791. The van der Waals surface area contributed by atoms with Gasteiger partial charge in [0.15, 0.2) is 19.7 Å². The summed E-state index contributed by atoms with van der Waals surface area (Å²) < 4.78 is 48.4. The molecule has 1 aliphatic heterocycles. The fourth-order valence-corrected chi connectivity index (χ4v) is 7.40. The normalized spacial score (nSPS) is 18.6. The largest absolute Gasteiger partial charge is 0.378 e. The summed E-state index contributed by atoms with van der Waals surface area (Å²) in [5.74, 6) is -0.810. The molecule has 1 aliphatic rings. The standard InChI is InChI=1S/C19H22N2O5S2/c1-21(2)16-7-5-15(6-8-16)20-19(22)14-3-9-17(10-4-14)28(25,26)18-11-12-27(23,24)13-18/h3-10,18H,11-13H2,1-2H3,(H,20,22). The van der Waals surface area contributed by atoms with E-state index in [4.69, 9.17) is 0 Å². The lowest BCUT2D eigenvalue weighted by atomic mass is 10.2. The fourth-order valence-electron chi connectivity index (χ4n) is 3.04. The van der Waals surface area contributed by atoms with Crippen molar-refractivity contribution >= 4 is 37.0 Å². The number of carbonyl (C=O) groups excluding carboxylic acids is 1. The second kappa shape index (κ2) is 7.56. The second-order valence-corrected chi connectivity index (χ2v) is 11.4. The van der Waals surface area contributed by atoms with Gasteiger partial charge in [-0.15, -0.1) is 0 Å². The molecule has 1 fully saturated rings. The monoisotopic (exact) mass is 422 g/mol. The molecule has 3 rings (SSSR count). The Morgan fingerprint density at radius 2 is 1.64 bits per heavy atom. The molecular weight excluding hydrogens is 400 g/mol. The van der Waals surface area contributed by atoms with Crippen LogP contribution in [0.15, 0.2) is 53.4 Å². The van der Waals surface area contributed by atoms with E-state index in [0.717, 1.165) is 5.69 Å². The van der Waals surface area contributed by atoms with E-state index < -0.39 is 24.9 Å². The lowest BCUT2D eigenvalue weighted by Gasteiger charge is -2.13. The molecule has 1 heterocycles. The third-order valence-electron chi connectivity index (χ3n) is 4.72. The summed E-state index contributed by atoms with van der Waals surface area (Å²) in [6, 6.07) is 12.9. The summed E-state index contributed by atoms with van der Waals surface area (Å²) in [6.45, 7) is 0. The van der Waals surface area contributed by atoms with Crippen molar-refractivity contribution in [3.8, 4) is 0 Å². The summed E-state index contributed by atoms with van der Waals surface area (Å²) in [5.41, 5.74) is 1.94. The van der Waals surface area contributed by atoms with Gasteiger partial charge in [0, 0.05) is 31.0 Å². The van der Waals surface area contributed by atoms with Gasteiger partial charge in [0.05, 0.1) is 21.7 Å². The van der Waals surface area contributed by atoms with Crippen LogP contribution in [-0.4, -0.2) is 53.6 Å². The van der Waals surface area contributed by atoms with Gasteiger partial charge >= 0.3 is 0 Å². The molecule has 7 nitrogen and oxygen atoms in total. The number of nitrogens with zero attached hydrogens (tertiary/aromatic N) is 1. The zero-order valence-corrected chi connectivity index (χ0v) is 17.3. The second-order valence-electron chi connectivity index (χ2n) is 6.99. The van der Waals surface area contributed by atoms with Crippen molar-refractivity contribution in [2.45, 2.75) is 16.6 Å². The highest BCUT2D eigenvalue weighted by atomic mass is 32.2. The Bertz CT molecular complexity index is 1070. The highest BCUT2D eigenvalue weighted by molar-refractivity contribution is 7.96. The molecule has 1 saturated heterocycles. The molecule has 0 saturated carbocycles. The molecular formula is C19H22N2O5S2. The van der Waals surface area contributed by atoms with Gasteiger partial charge in [-0.05, 0) is 55.0 Å². The van der Waals surface area contributed by atoms with E-state index in [1.807, 2.05) is 31.1 Å². The number of nitrogens with one attached hydrogen (secondary N) is 1. The van der Waals surface area contributed by atoms with Crippen LogP contribution in [0.2, 0.25) is 0 Å². The maximum Gasteiger partial charge on any atom is 0.255 e. The Kier molecular flexibility index (Phi) is 5.49. The van der Waals surface area contributed by atoms with Crippen LogP contribution in [-0.2, 0) is 19.7 Å². The van der Waals surface area contributed by atoms with Crippen LogP contribution < -0.4 is 10.2 Å². The van der Waals surface area contributed by atoms with Gasteiger partial charge in [-0.3, -0.25) is 4.79 Å². The van der Waals surface area contributed by atoms with E-state index in [9.17, 15) is 21.6 Å². The van der Waals surface area contributed by atoms with E-state index in [-0.39, 0.29) is 28.7 Å². The minimum Gasteiger partial charge on any atom is -0.378 e. The van der Waals surface area contributed by atoms with Gasteiger partial charge in [-0.2, -0.15) is 0 Å². The third-order valence-corrected chi connectivity index (χ3v) is 8.90. The zero-order chi connectivity index (χ0) is 20.5. The van der Waals surface area contributed by atoms with E-state index in [1.54, 1.807) is 12.1 Å². The molecule has 1 atom stereocenters. The maximum atomic E-state index is 12.6. The van der Waals surface area contributed by atoms with Crippen molar-refractivity contribution in [2.75, 3.05) is 35.8 Å². The first kappa shape index (κ1) is 20.3. The summed E-state index contributed by atoms with van der Waals surface area (Å²) in [6.07, 6.45) is 0.107. The van der Waals surface area contributed by atoms with Crippen LogP contribution in [0.3, 0.4) is 0 Å². The van der Waals surface area contributed by atoms with Crippen LogP contribution >= 0.6 is 0 Å². The Morgan fingerprint density at radius 3 is 2.14 bits per heavy atom. The molecule has 2 aromatic carbocycles. The van der Waals surface area contributed by atoms with Crippen LogP contribution in [0.25, 0.3) is 0 Å². The lowest BCUT2D eigenvalue weighted by Crippen LogP contribution is -2.22. The van der Waals surface area contributed by atoms with Crippen LogP contribution in [0.4, 0.5) is 11.4 Å². The first-order valence-corrected chi connectivity index (χ1v) is 12.1. The van der Waals surface area contributed by atoms with E-state index in [0.29, 0.717) is 11.3 Å². The van der Waals surface area contributed by atoms with Gasteiger partial charge < -0.3 is 10.2 Å². The van der Waals surface area contributed by atoms with Gasteiger partial charge in [0.2, 0.25) is 0 Å². The van der Waals surface area contributed by atoms with Gasteiger partial charge in [-0.25, -0.2) is 16.8 Å². The average molecular weight is 423 g/mol. The Morgan fingerprint density at radius 1 is 1.04 bits per heavy atom. The number of rotatable bonds is 5. The van der Waals surface area contributed by atoms with E-state index in [1.165, 1.54) is 24.3 Å². The van der Waals surface area contributed by atoms with Crippen molar-refractivity contribution in [2.24, 2.45) is 0 Å². The van der Waals surface area contributed by atoms with Crippen molar-refractivity contribution in [3.05, 3.63) is 54.1 Å². The molecule has 0 bridgehead atoms. The first-order valence-electron chi connectivity index (χ1n) is 8.72. The molecule has 0 spiro atoms. The minimum absolute atomic E-state index is 0.0292. The average Bonchev–Trinajstić information content (AvgIpc) is 3.03. The molecule has 28 heavy (non-hydrogen) atoms. The summed E-state index contributed by atoms with van der Waals surface area (Å²) in [5, 5.41) is 1.84. The number of amides is 1. The number of sulfone groups is 2. The van der Waals surface area contributed by atoms with E-state index >= 15 is 0 Å². The highest BCUT2D eigenvalue weighted by Gasteiger charge is 2.37. The van der Waals surface area contributed by atoms with Crippen LogP contribution in [0, 0.1) is 0 Å². The van der Waals surface area contributed by atoms with Crippen LogP contribution in [0.1, 0.15) is 16.8 Å². The molecule has 1 unspecified atom stereocenters. The summed E-state index contributed by atoms with van der Waals surface area (Å²) in [4.78, 5) is 14.4. The smallest absolute Gasteiger partial charge is 0.255 e. The van der Waals surface area contributed by atoms with Crippen molar-refractivity contribution in [3.63, 3.8) is 0 Å². The van der Waals surface area contributed by atoms with Crippen molar-refractivity contribution in [1.82, 2.24) is 0 Å². The SMILES string of the molecule is CN(C)c1ccc(NC(=O)c2ccc(S(=O)(=O)C3CCS(=O)(=O)C3)cc2)cc1. The topological polar surface area (TPSA) is 101 Å². The molecule has 1 N–H and O–H groups in total. The first-order chi connectivity index (χ1) is 13.1. The number of hydrogen-bond acceptors (Lipinski definition) is 6. The zero-order valence-electron chi connectivity index (χ0n) is 15.6. The van der Waals surface area contributed by atoms with Crippen molar-refractivity contribution < 1.29 is 21.6 Å². The number of benzene rings is 2. The summed E-state index contributed by atoms with van der Waals surface area (Å²) in [7, 11) is -3.20. The van der Waals surface area contributed by atoms with Gasteiger partial charge in [0.1, 0.15) is 0 Å². The predicted molar refractivity (Wildman–Crippen MR) is 109 cm³/mol. The molecule has 0 aromatic heterocycles. The lowest BCUT2D eigenvalue weighted by molar-refractivity contribution is 0.102. The Balaban J connectivity index is 1.72. The number of anilines is 2. The van der Waals surface area contributed by atoms with Gasteiger partial charge in [0.25, 0.3) is 5.91 Å². The molecule has 9 heteroatoms. The molecule has 150 valence electrons. The summed E-state index contributed by atoms with van der Waals surface area (Å²) >= 11 is 0. The fraction of sp³-hybridized carbons (Fsp3) is 0.316. The number of carbonyl (C=O) groups is 1. The maximum absolute atomic E-state index is 12.6. The number of hydrogen-bond donors (Lipinski definition) is 1. The highest BCUT2D eigenvalue weighted by Crippen LogP contribution is 2.25. The van der Waals surface area contributed by atoms with E-state index in [2.05, 4.69) is 5.32 Å². The Labute approximate surface area is 165 Å².